The Hall–Kier alpha value is -1.47. The van der Waals surface area contributed by atoms with E-state index < -0.39 is 35.4 Å². The van der Waals surface area contributed by atoms with E-state index in [1.165, 1.54) is 0 Å². The molecule has 0 N–H and O–H groups in total. The van der Waals surface area contributed by atoms with Gasteiger partial charge in [-0.15, -0.1) is 0 Å². The monoisotopic (exact) mass is 245 g/mol. The third kappa shape index (κ3) is 2.20. The minimum absolute atomic E-state index is 0.259. The van der Waals surface area contributed by atoms with Crippen LogP contribution in [0.25, 0.3) is 0 Å². The molecule has 0 bridgehead atoms. The Morgan fingerprint density at radius 3 is 2.25 bits per heavy atom. The first-order valence-electron chi connectivity index (χ1n) is 3.86. The molecule has 0 saturated heterocycles. The van der Waals surface area contributed by atoms with E-state index >= 15 is 0 Å². The Morgan fingerprint density at radius 2 is 1.88 bits per heavy atom. The summed E-state index contributed by atoms with van der Waals surface area (Å²) in [6.07, 6.45) is -8.50. The van der Waals surface area contributed by atoms with Gasteiger partial charge in [-0.3, -0.25) is 0 Å². The molecule has 0 aromatic carbocycles. The molecule has 0 spiro atoms. The molecule has 0 fully saturated rings. The van der Waals surface area contributed by atoms with Gasteiger partial charge in [-0.25, -0.2) is 18.2 Å². The predicted octanol–water partition coefficient (Wildman–Crippen LogP) is 3.19. The number of pyridine rings is 1. The van der Waals surface area contributed by atoms with Crippen LogP contribution in [-0.2, 0) is 6.18 Å². The average molecular weight is 245 g/mol. The number of ether oxygens (including phenoxy) is 1. The Kier molecular flexibility index (Phi) is 3.30. The summed E-state index contributed by atoms with van der Waals surface area (Å²) in [5, 5.41) is 0. The van der Waals surface area contributed by atoms with Gasteiger partial charge >= 0.3 is 6.18 Å². The lowest BCUT2D eigenvalue weighted by Crippen LogP contribution is -2.14. The Bertz CT molecular complexity index is 389. The molecular formula is C8H5F6NO. The summed E-state index contributed by atoms with van der Waals surface area (Å²) in [6.45, 7) is 0. The largest absolute Gasteiger partial charge is 0.481 e. The summed E-state index contributed by atoms with van der Waals surface area (Å²) in [6, 6.07) is 0. The summed E-state index contributed by atoms with van der Waals surface area (Å²) in [4.78, 5) is 2.96. The first kappa shape index (κ1) is 12.6. The van der Waals surface area contributed by atoms with Crippen molar-refractivity contribution < 1.29 is 31.1 Å². The van der Waals surface area contributed by atoms with Crippen LogP contribution < -0.4 is 4.74 Å². The van der Waals surface area contributed by atoms with Crippen LogP contribution in [0.3, 0.4) is 0 Å². The van der Waals surface area contributed by atoms with Crippen LogP contribution in [0.4, 0.5) is 26.3 Å². The average Bonchev–Trinajstić information content (AvgIpc) is 2.15. The van der Waals surface area contributed by atoms with Crippen LogP contribution in [0.1, 0.15) is 17.6 Å². The maximum atomic E-state index is 12.8. The normalized spacial score (nSPS) is 12.0. The fourth-order valence-corrected chi connectivity index (χ4v) is 1.13. The number of alkyl halides is 5. The van der Waals surface area contributed by atoms with Crippen molar-refractivity contribution in [3.05, 3.63) is 23.1 Å². The van der Waals surface area contributed by atoms with Crippen molar-refractivity contribution in [2.45, 2.75) is 12.6 Å². The van der Waals surface area contributed by atoms with E-state index in [0.29, 0.717) is 0 Å². The molecular weight excluding hydrogens is 240 g/mol. The minimum Gasteiger partial charge on any atom is -0.481 e. The van der Waals surface area contributed by atoms with E-state index in [-0.39, 0.29) is 6.20 Å². The number of rotatable bonds is 2. The molecule has 0 unspecified atom stereocenters. The molecule has 8 heteroatoms. The van der Waals surface area contributed by atoms with Crippen LogP contribution in [0, 0.1) is 5.82 Å². The smallest absolute Gasteiger partial charge is 0.422 e. The van der Waals surface area contributed by atoms with E-state index in [4.69, 9.17) is 0 Å². The van der Waals surface area contributed by atoms with Crippen molar-refractivity contribution in [3.8, 4) is 5.88 Å². The second kappa shape index (κ2) is 4.18. The molecule has 90 valence electrons. The molecule has 2 nitrogen and oxygen atoms in total. The van der Waals surface area contributed by atoms with E-state index in [0.717, 1.165) is 7.11 Å². The third-order valence-corrected chi connectivity index (χ3v) is 1.73. The second-order valence-electron chi connectivity index (χ2n) is 2.70. The molecule has 1 heterocycles. The standard InChI is InChI=1S/C8H5F6NO/c1-16-7-5(8(12,13)14)4(6(10)11)3(9)2-15-7/h2,6H,1H3. The van der Waals surface area contributed by atoms with Crippen LogP contribution >= 0.6 is 0 Å². The number of methoxy groups -OCH3 is 1. The number of halogens is 6. The van der Waals surface area contributed by atoms with Crippen molar-refractivity contribution in [3.63, 3.8) is 0 Å². The number of hydrogen-bond acceptors (Lipinski definition) is 2. The van der Waals surface area contributed by atoms with Crippen LogP contribution in [-0.4, -0.2) is 12.1 Å². The molecule has 0 atom stereocenters. The highest BCUT2D eigenvalue weighted by atomic mass is 19.4. The van der Waals surface area contributed by atoms with Gasteiger partial charge in [0.25, 0.3) is 6.43 Å². The van der Waals surface area contributed by atoms with Gasteiger partial charge in [0, 0.05) is 0 Å². The fourth-order valence-electron chi connectivity index (χ4n) is 1.13. The quantitative estimate of drug-likeness (QED) is 0.746. The predicted molar refractivity (Wildman–Crippen MR) is 40.7 cm³/mol. The lowest BCUT2D eigenvalue weighted by molar-refractivity contribution is -0.141. The van der Waals surface area contributed by atoms with Crippen molar-refractivity contribution in [1.29, 1.82) is 0 Å². The summed E-state index contributed by atoms with van der Waals surface area (Å²) in [5.41, 5.74) is -3.63. The molecule has 1 rings (SSSR count). The second-order valence-corrected chi connectivity index (χ2v) is 2.70. The van der Waals surface area contributed by atoms with E-state index in [1.54, 1.807) is 0 Å². The molecule has 0 radical (unpaired) electrons. The van der Waals surface area contributed by atoms with Gasteiger partial charge < -0.3 is 4.74 Å². The summed E-state index contributed by atoms with van der Waals surface area (Å²) in [7, 11) is 0.824. The molecule has 0 saturated carbocycles. The Balaban J connectivity index is 3.56. The maximum Gasteiger partial charge on any atom is 0.422 e. The number of aromatic nitrogens is 1. The molecule has 0 aliphatic heterocycles. The van der Waals surface area contributed by atoms with Gasteiger partial charge in [0.15, 0.2) is 5.82 Å². The van der Waals surface area contributed by atoms with E-state index in [1.807, 2.05) is 0 Å². The zero-order chi connectivity index (χ0) is 12.5. The summed E-state index contributed by atoms with van der Waals surface area (Å²) in [5.74, 6) is -2.80. The fraction of sp³-hybridized carbons (Fsp3) is 0.375. The van der Waals surface area contributed by atoms with Gasteiger partial charge in [0.1, 0.15) is 5.56 Å². The molecule has 16 heavy (non-hydrogen) atoms. The van der Waals surface area contributed by atoms with Gasteiger partial charge in [0.05, 0.1) is 18.9 Å². The lowest BCUT2D eigenvalue weighted by Gasteiger charge is -2.15. The number of hydrogen-bond donors (Lipinski definition) is 0. The van der Waals surface area contributed by atoms with Crippen molar-refractivity contribution in [2.75, 3.05) is 7.11 Å². The van der Waals surface area contributed by atoms with Crippen LogP contribution in [0.5, 0.6) is 5.88 Å². The van der Waals surface area contributed by atoms with Gasteiger partial charge in [0.2, 0.25) is 5.88 Å². The first-order chi connectivity index (χ1) is 7.29. The number of nitrogens with zero attached hydrogens (tertiary/aromatic N) is 1. The topological polar surface area (TPSA) is 22.1 Å². The van der Waals surface area contributed by atoms with Gasteiger partial charge in [-0.2, -0.15) is 13.2 Å². The van der Waals surface area contributed by atoms with Crippen molar-refractivity contribution in [1.82, 2.24) is 4.98 Å². The molecule has 0 amide bonds. The summed E-state index contributed by atoms with van der Waals surface area (Å²) < 4.78 is 78.9. The van der Waals surface area contributed by atoms with Gasteiger partial charge in [-0.1, -0.05) is 0 Å². The Labute approximate surface area is 85.9 Å². The van der Waals surface area contributed by atoms with Crippen LogP contribution in [0.2, 0.25) is 0 Å². The maximum absolute atomic E-state index is 12.8. The first-order valence-corrected chi connectivity index (χ1v) is 3.86. The van der Waals surface area contributed by atoms with E-state index in [9.17, 15) is 26.3 Å². The zero-order valence-corrected chi connectivity index (χ0v) is 7.78. The van der Waals surface area contributed by atoms with E-state index in [2.05, 4.69) is 9.72 Å². The van der Waals surface area contributed by atoms with Crippen molar-refractivity contribution in [2.24, 2.45) is 0 Å². The SMILES string of the molecule is COc1ncc(F)c(C(F)F)c1C(F)(F)F. The molecule has 0 aliphatic rings. The lowest BCUT2D eigenvalue weighted by atomic mass is 10.1. The zero-order valence-electron chi connectivity index (χ0n) is 7.78. The molecule has 1 aromatic heterocycles. The highest BCUT2D eigenvalue weighted by Gasteiger charge is 2.41. The van der Waals surface area contributed by atoms with Gasteiger partial charge in [-0.05, 0) is 0 Å². The molecule has 0 aliphatic carbocycles. The minimum atomic E-state index is -5.16. The van der Waals surface area contributed by atoms with Crippen LogP contribution in [0.15, 0.2) is 6.20 Å². The third-order valence-electron chi connectivity index (χ3n) is 1.73. The van der Waals surface area contributed by atoms with Crippen molar-refractivity contribution >= 4 is 0 Å². The molecule has 1 aromatic rings. The Morgan fingerprint density at radius 1 is 1.31 bits per heavy atom. The highest BCUT2D eigenvalue weighted by molar-refractivity contribution is 5.38. The highest BCUT2D eigenvalue weighted by Crippen LogP contribution is 2.41. The summed E-state index contributed by atoms with van der Waals surface area (Å²) >= 11 is 0.